The Hall–Kier alpha value is -1.65. The molecule has 0 fully saturated rings. The van der Waals surface area contributed by atoms with E-state index in [0.29, 0.717) is 32.8 Å². The molecule has 4 nitrogen and oxygen atoms in total. The fraction of sp³-hybridized carbons (Fsp3) is 0.795. The molecule has 1 atom stereocenters. The summed E-state index contributed by atoms with van der Waals surface area (Å²) in [7, 11) is 0. The van der Waals surface area contributed by atoms with Crippen molar-refractivity contribution in [1.29, 1.82) is 0 Å². The van der Waals surface area contributed by atoms with Gasteiger partial charge in [-0.3, -0.25) is 4.79 Å². The van der Waals surface area contributed by atoms with Gasteiger partial charge < -0.3 is 14.2 Å². The van der Waals surface area contributed by atoms with E-state index in [-0.39, 0.29) is 12.1 Å². The number of unbranched alkanes of at least 4 members (excludes halogenated alkanes) is 24. The maximum atomic E-state index is 12.6. The van der Waals surface area contributed by atoms with Gasteiger partial charge in [-0.15, -0.1) is 0 Å². The van der Waals surface area contributed by atoms with E-state index in [1.54, 1.807) is 0 Å². The topological polar surface area (TPSA) is 44.8 Å². The lowest BCUT2D eigenvalue weighted by Crippen LogP contribution is -2.28. The standard InChI is InChI=1S/C44H78O4/c1-3-5-7-9-11-13-15-17-18-19-21-23-25-27-29-34-38-46-40-43(41-47-39-42-35-31-30-32-36-42)48-44(45)37-33-28-26-24-22-20-16-14-12-10-8-6-4-2/h17-18,30-32,35-36,43H,3-16,19-29,33-34,37-41H2,1-2H3/t43-/m1/s1. The van der Waals surface area contributed by atoms with Crippen LogP contribution in [0.1, 0.15) is 199 Å². The van der Waals surface area contributed by atoms with Gasteiger partial charge in [0.2, 0.25) is 0 Å². The molecule has 0 amide bonds. The molecule has 0 aliphatic rings. The molecule has 0 aliphatic carbocycles. The predicted molar refractivity (Wildman–Crippen MR) is 207 cm³/mol. The van der Waals surface area contributed by atoms with Crippen molar-refractivity contribution in [2.75, 3.05) is 19.8 Å². The summed E-state index contributed by atoms with van der Waals surface area (Å²) in [5, 5.41) is 0. The molecule has 4 heteroatoms. The van der Waals surface area contributed by atoms with Gasteiger partial charge in [0.05, 0.1) is 19.8 Å². The third-order valence-corrected chi connectivity index (χ3v) is 9.30. The maximum Gasteiger partial charge on any atom is 0.306 e. The molecule has 0 saturated carbocycles. The predicted octanol–water partition coefficient (Wildman–Crippen LogP) is 13.7. The van der Waals surface area contributed by atoms with Gasteiger partial charge in [-0.2, -0.15) is 0 Å². The first-order valence-electron chi connectivity index (χ1n) is 20.8. The molecular weight excluding hydrogens is 592 g/mol. The van der Waals surface area contributed by atoms with Crippen molar-refractivity contribution in [3.05, 3.63) is 48.0 Å². The summed E-state index contributed by atoms with van der Waals surface area (Å²) in [5.41, 5.74) is 1.12. The Morgan fingerprint density at radius 1 is 0.542 bits per heavy atom. The zero-order valence-corrected chi connectivity index (χ0v) is 31.9. The Morgan fingerprint density at radius 2 is 0.979 bits per heavy atom. The number of carbonyl (C=O) groups is 1. The van der Waals surface area contributed by atoms with Gasteiger partial charge >= 0.3 is 5.97 Å². The number of hydrogen-bond acceptors (Lipinski definition) is 4. The maximum absolute atomic E-state index is 12.6. The Labute approximate surface area is 298 Å². The fourth-order valence-corrected chi connectivity index (χ4v) is 6.20. The summed E-state index contributed by atoms with van der Waals surface area (Å²) < 4.78 is 17.7. The number of hydrogen-bond donors (Lipinski definition) is 0. The van der Waals surface area contributed by atoms with Crippen LogP contribution in [0.5, 0.6) is 0 Å². The van der Waals surface area contributed by atoms with Gasteiger partial charge in [0.25, 0.3) is 0 Å². The van der Waals surface area contributed by atoms with E-state index in [0.717, 1.165) is 24.8 Å². The molecule has 0 aliphatic heterocycles. The van der Waals surface area contributed by atoms with Crippen molar-refractivity contribution >= 4 is 5.97 Å². The lowest BCUT2D eigenvalue weighted by Gasteiger charge is -2.18. The van der Waals surface area contributed by atoms with Gasteiger partial charge in [0.1, 0.15) is 6.10 Å². The molecule has 0 radical (unpaired) electrons. The Morgan fingerprint density at radius 3 is 1.50 bits per heavy atom. The van der Waals surface area contributed by atoms with Gasteiger partial charge in [0, 0.05) is 13.0 Å². The molecule has 0 N–H and O–H groups in total. The van der Waals surface area contributed by atoms with Gasteiger partial charge in [-0.1, -0.05) is 191 Å². The minimum atomic E-state index is -0.350. The Bertz CT molecular complexity index is 807. The highest BCUT2D eigenvalue weighted by Crippen LogP contribution is 2.14. The molecule has 278 valence electrons. The summed E-state index contributed by atoms with van der Waals surface area (Å²) in [6, 6.07) is 10.2. The summed E-state index contributed by atoms with van der Waals surface area (Å²) >= 11 is 0. The van der Waals surface area contributed by atoms with Crippen LogP contribution in [0.3, 0.4) is 0 Å². The first kappa shape index (κ1) is 44.4. The molecule has 1 aromatic rings. The van der Waals surface area contributed by atoms with Crippen LogP contribution in [0.2, 0.25) is 0 Å². The monoisotopic (exact) mass is 671 g/mol. The molecule has 0 saturated heterocycles. The summed E-state index contributed by atoms with van der Waals surface area (Å²) in [5.74, 6) is -0.118. The highest BCUT2D eigenvalue weighted by atomic mass is 16.6. The van der Waals surface area contributed by atoms with Crippen molar-refractivity contribution in [2.24, 2.45) is 0 Å². The highest BCUT2D eigenvalue weighted by molar-refractivity contribution is 5.69. The first-order chi connectivity index (χ1) is 23.8. The molecule has 0 unspecified atom stereocenters. The molecule has 0 aromatic heterocycles. The summed E-state index contributed by atoms with van der Waals surface area (Å²) in [6.07, 6.45) is 40.1. The zero-order valence-electron chi connectivity index (χ0n) is 31.9. The Kier molecular flexibility index (Phi) is 33.9. The Balaban J connectivity index is 2.10. The van der Waals surface area contributed by atoms with Crippen molar-refractivity contribution in [3.63, 3.8) is 0 Å². The van der Waals surface area contributed by atoms with Crippen LogP contribution in [0, 0.1) is 0 Å². The van der Waals surface area contributed by atoms with Crippen LogP contribution in [0.25, 0.3) is 0 Å². The normalized spacial score (nSPS) is 12.2. The summed E-state index contributed by atoms with van der Waals surface area (Å²) in [6.45, 7) is 6.56. The average Bonchev–Trinajstić information content (AvgIpc) is 3.10. The van der Waals surface area contributed by atoms with E-state index < -0.39 is 0 Å². The minimum Gasteiger partial charge on any atom is -0.457 e. The fourth-order valence-electron chi connectivity index (χ4n) is 6.20. The van der Waals surface area contributed by atoms with Gasteiger partial charge in [-0.25, -0.2) is 0 Å². The number of allylic oxidation sites excluding steroid dienone is 2. The number of rotatable bonds is 37. The van der Waals surface area contributed by atoms with E-state index >= 15 is 0 Å². The molecule has 0 heterocycles. The first-order valence-corrected chi connectivity index (χ1v) is 20.8. The van der Waals surface area contributed by atoms with Crippen LogP contribution in [0.15, 0.2) is 42.5 Å². The van der Waals surface area contributed by atoms with Crippen molar-refractivity contribution in [1.82, 2.24) is 0 Å². The van der Waals surface area contributed by atoms with Crippen LogP contribution in [-0.2, 0) is 25.6 Å². The number of ether oxygens (including phenoxy) is 3. The highest BCUT2D eigenvalue weighted by Gasteiger charge is 2.15. The van der Waals surface area contributed by atoms with Crippen molar-refractivity contribution in [2.45, 2.75) is 206 Å². The number of carbonyl (C=O) groups excluding carboxylic acids is 1. The molecular formula is C44H78O4. The number of esters is 1. The third-order valence-electron chi connectivity index (χ3n) is 9.30. The molecule has 48 heavy (non-hydrogen) atoms. The van der Waals surface area contributed by atoms with Crippen LogP contribution in [0.4, 0.5) is 0 Å². The quantitative estimate of drug-likeness (QED) is 0.0401. The van der Waals surface area contributed by atoms with E-state index in [9.17, 15) is 4.79 Å². The smallest absolute Gasteiger partial charge is 0.306 e. The third kappa shape index (κ3) is 31.6. The lowest BCUT2D eigenvalue weighted by atomic mass is 10.0. The second-order valence-corrected chi connectivity index (χ2v) is 14.1. The largest absolute Gasteiger partial charge is 0.457 e. The molecule has 1 rings (SSSR count). The average molecular weight is 671 g/mol. The minimum absolute atomic E-state index is 0.118. The van der Waals surface area contributed by atoms with E-state index in [2.05, 4.69) is 38.1 Å². The van der Waals surface area contributed by atoms with Gasteiger partial charge in [0.15, 0.2) is 0 Å². The van der Waals surface area contributed by atoms with Crippen molar-refractivity contribution < 1.29 is 19.0 Å². The number of benzene rings is 1. The molecule has 0 bridgehead atoms. The second-order valence-electron chi connectivity index (χ2n) is 14.1. The van der Waals surface area contributed by atoms with Crippen molar-refractivity contribution in [3.8, 4) is 0 Å². The second kappa shape index (κ2) is 36.6. The van der Waals surface area contributed by atoms with Crippen LogP contribution >= 0.6 is 0 Å². The van der Waals surface area contributed by atoms with E-state index in [1.165, 1.54) is 154 Å². The SMILES string of the molecule is CCCCCCCCC=CCCCCCCCCOC[C@H](COCc1ccccc1)OC(=O)CCCCCCCCCCCCCCC. The lowest BCUT2D eigenvalue weighted by molar-refractivity contribution is -0.156. The van der Waals surface area contributed by atoms with Crippen LogP contribution in [-0.4, -0.2) is 31.9 Å². The molecule has 0 spiro atoms. The summed E-state index contributed by atoms with van der Waals surface area (Å²) in [4.78, 5) is 12.6. The van der Waals surface area contributed by atoms with Crippen LogP contribution < -0.4 is 0 Å². The van der Waals surface area contributed by atoms with E-state index in [1.807, 2.05) is 18.2 Å². The van der Waals surface area contributed by atoms with Gasteiger partial charge in [-0.05, 0) is 44.1 Å². The zero-order chi connectivity index (χ0) is 34.4. The molecule has 1 aromatic carbocycles. The van der Waals surface area contributed by atoms with E-state index in [4.69, 9.17) is 14.2 Å².